The van der Waals surface area contributed by atoms with E-state index in [1.54, 1.807) is 12.1 Å². The van der Waals surface area contributed by atoms with E-state index >= 15 is 0 Å². The molecule has 1 aliphatic heterocycles. The first-order valence-corrected chi connectivity index (χ1v) is 10.0. The second-order valence-electron chi connectivity index (χ2n) is 5.96. The number of aromatic nitrogens is 2. The molecule has 0 atom stereocenters. The highest BCUT2D eigenvalue weighted by Gasteiger charge is 2.17. The van der Waals surface area contributed by atoms with Gasteiger partial charge in [-0.1, -0.05) is 27.7 Å². The summed E-state index contributed by atoms with van der Waals surface area (Å²) in [6, 6.07) is 12.5. The summed E-state index contributed by atoms with van der Waals surface area (Å²) >= 11 is 4.74. The molecule has 0 bridgehead atoms. The first kappa shape index (κ1) is 17.3. The van der Waals surface area contributed by atoms with Crippen LogP contribution in [-0.4, -0.2) is 17.0 Å². The molecule has 5 rings (SSSR count). The molecular formula is C19H11BrN2O5S. The molecule has 2 aromatic heterocycles. The average Bonchev–Trinajstić information content (AvgIpc) is 3.34. The molecule has 3 heterocycles. The Hall–Kier alpha value is -2.78. The minimum atomic E-state index is -0.396. The highest BCUT2D eigenvalue weighted by molar-refractivity contribution is 9.10. The third-order valence-electron chi connectivity index (χ3n) is 4.17. The molecule has 4 aromatic rings. The summed E-state index contributed by atoms with van der Waals surface area (Å²) in [6.45, 7) is 0.208. The van der Waals surface area contributed by atoms with Gasteiger partial charge in [0.2, 0.25) is 12.7 Å². The van der Waals surface area contributed by atoms with E-state index in [0.29, 0.717) is 33.9 Å². The van der Waals surface area contributed by atoms with Crippen LogP contribution in [-0.2, 0) is 5.75 Å². The standard InChI is InChI=1S/C19H11BrN2O5S/c20-12-2-3-13-11(6-17(23)26-15(13)7-12)8-28-19-22-21-18(27-19)10-1-4-14-16(5-10)25-9-24-14/h1-7H,8-9H2. The Morgan fingerprint density at radius 1 is 1.00 bits per heavy atom. The lowest BCUT2D eigenvalue weighted by molar-refractivity contribution is 0.174. The van der Waals surface area contributed by atoms with Crippen LogP contribution in [0.25, 0.3) is 22.4 Å². The van der Waals surface area contributed by atoms with Gasteiger partial charge in [-0.3, -0.25) is 0 Å². The van der Waals surface area contributed by atoms with E-state index in [1.165, 1.54) is 17.8 Å². The molecule has 0 unspecified atom stereocenters. The SMILES string of the molecule is O=c1cc(CSc2nnc(-c3ccc4c(c3)OCO4)o2)c2ccc(Br)cc2o1. The Balaban J connectivity index is 1.38. The molecule has 28 heavy (non-hydrogen) atoms. The summed E-state index contributed by atoms with van der Waals surface area (Å²) < 4.78 is 22.5. The van der Waals surface area contributed by atoms with Crippen LogP contribution in [0.2, 0.25) is 0 Å². The zero-order valence-electron chi connectivity index (χ0n) is 14.2. The van der Waals surface area contributed by atoms with Gasteiger partial charge in [0.05, 0.1) is 0 Å². The van der Waals surface area contributed by atoms with Crippen LogP contribution in [0.4, 0.5) is 0 Å². The number of nitrogens with zero attached hydrogens (tertiary/aromatic N) is 2. The molecular weight excluding hydrogens is 448 g/mol. The van der Waals surface area contributed by atoms with Gasteiger partial charge in [0.15, 0.2) is 11.5 Å². The van der Waals surface area contributed by atoms with Crippen LogP contribution in [0.3, 0.4) is 0 Å². The molecule has 0 fully saturated rings. The fraction of sp³-hybridized carbons (Fsp3) is 0.105. The van der Waals surface area contributed by atoms with Crippen molar-refractivity contribution in [2.75, 3.05) is 6.79 Å². The second-order valence-corrected chi connectivity index (χ2v) is 7.80. The largest absolute Gasteiger partial charge is 0.454 e. The summed E-state index contributed by atoms with van der Waals surface area (Å²) in [6.07, 6.45) is 0. The molecule has 0 saturated heterocycles. The molecule has 140 valence electrons. The number of hydrogen-bond acceptors (Lipinski definition) is 8. The van der Waals surface area contributed by atoms with Crippen LogP contribution in [0, 0.1) is 0 Å². The third kappa shape index (κ3) is 3.27. The summed E-state index contributed by atoms with van der Waals surface area (Å²) in [5.74, 6) is 2.23. The summed E-state index contributed by atoms with van der Waals surface area (Å²) in [5.41, 5.74) is 1.72. The Labute approximate surface area is 170 Å². The molecule has 1 aliphatic rings. The van der Waals surface area contributed by atoms with E-state index in [-0.39, 0.29) is 6.79 Å². The van der Waals surface area contributed by atoms with Crippen LogP contribution in [0.1, 0.15) is 5.56 Å². The van der Waals surface area contributed by atoms with Gasteiger partial charge < -0.3 is 18.3 Å². The average molecular weight is 459 g/mol. The van der Waals surface area contributed by atoms with Gasteiger partial charge in [-0.2, -0.15) is 0 Å². The predicted molar refractivity (Wildman–Crippen MR) is 106 cm³/mol. The van der Waals surface area contributed by atoms with E-state index in [0.717, 1.165) is 21.0 Å². The van der Waals surface area contributed by atoms with Crippen LogP contribution < -0.4 is 15.1 Å². The Kier molecular flexibility index (Phi) is 4.33. The van der Waals surface area contributed by atoms with Crippen molar-refractivity contribution in [3.05, 3.63) is 62.9 Å². The van der Waals surface area contributed by atoms with Crippen molar-refractivity contribution in [1.82, 2.24) is 10.2 Å². The van der Waals surface area contributed by atoms with Gasteiger partial charge in [-0.15, -0.1) is 10.2 Å². The molecule has 9 heteroatoms. The smallest absolute Gasteiger partial charge is 0.336 e. The molecule has 7 nitrogen and oxygen atoms in total. The topological polar surface area (TPSA) is 87.6 Å². The van der Waals surface area contributed by atoms with Crippen LogP contribution in [0.15, 0.2) is 65.8 Å². The summed E-state index contributed by atoms with van der Waals surface area (Å²) in [4.78, 5) is 11.8. The van der Waals surface area contributed by atoms with E-state index < -0.39 is 5.63 Å². The van der Waals surface area contributed by atoms with Gasteiger partial charge in [0.25, 0.3) is 5.22 Å². The van der Waals surface area contributed by atoms with Crippen molar-refractivity contribution in [2.45, 2.75) is 11.0 Å². The lowest BCUT2D eigenvalue weighted by atomic mass is 10.1. The lowest BCUT2D eigenvalue weighted by Gasteiger charge is -2.04. The molecule has 0 spiro atoms. The van der Waals surface area contributed by atoms with Crippen molar-refractivity contribution in [3.8, 4) is 23.0 Å². The Bertz CT molecular complexity index is 1250. The molecule has 0 aliphatic carbocycles. The van der Waals surface area contributed by atoms with Crippen molar-refractivity contribution < 1.29 is 18.3 Å². The van der Waals surface area contributed by atoms with E-state index in [4.69, 9.17) is 18.3 Å². The van der Waals surface area contributed by atoms with Gasteiger partial charge in [-0.25, -0.2) is 4.79 Å². The number of fused-ring (bicyclic) bond motifs is 2. The Morgan fingerprint density at radius 3 is 2.82 bits per heavy atom. The maximum atomic E-state index is 11.8. The van der Waals surface area contributed by atoms with Crippen molar-refractivity contribution >= 4 is 38.7 Å². The zero-order chi connectivity index (χ0) is 19.1. The van der Waals surface area contributed by atoms with E-state index in [2.05, 4.69) is 26.1 Å². The third-order valence-corrected chi connectivity index (χ3v) is 5.53. The van der Waals surface area contributed by atoms with E-state index in [1.807, 2.05) is 24.3 Å². The Morgan fingerprint density at radius 2 is 1.89 bits per heavy atom. The highest BCUT2D eigenvalue weighted by atomic mass is 79.9. The van der Waals surface area contributed by atoms with Crippen LogP contribution in [0.5, 0.6) is 11.5 Å². The minimum absolute atomic E-state index is 0.208. The fourth-order valence-corrected chi connectivity index (χ4v) is 3.97. The second kappa shape index (κ2) is 6.99. The van der Waals surface area contributed by atoms with Crippen LogP contribution >= 0.6 is 27.7 Å². The maximum absolute atomic E-state index is 11.8. The first-order chi connectivity index (χ1) is 13.7. The number of ether oxygens (including phenoxy) is 2. The van der Waals surface area contributed by atoms with Crippen molar-refractivity contribution in [1.29, 1.82) is 0 Å². The number of halogens is 1. The van der Waals surface area contributed by atoms with E-state index in [9.17, 15) is 4.79 Å². The molecule has 0 N–H and O–H groups in total. The lowest BCUT2D eigenvalue weighted by Crippen LogP contribution is -1.99. The maximum Gasteiger partial charge on any atom is 0.336 e. The monoisotopic (exact) mass is 458 g/mol. The number of benzene rings is 2. The predicted octanol–water partition coefficient (Wildman–Crippen LogP) is 4.63. The normalized spacial score (nSPS) is 12.6. The number of rotatable bonds is 4. The van der Waals surface area contributed by atoms with Crippen molar-refractivity contribution in [3.63, 3.8) is 0 Å². The van der Waals surface area contributed by atoms with Crippen molar-refractivity contribution in [2.24, 2.45) is 0 Å². The highest BCUT2D eigenvalue weighted by Crippen LogP contribution is 2.36. The molecule has 2 aromatic carbocycles. The fourth-order valence-electron chi connectivity index (χ4n) is 2.88. The number of thioether (sulfide) groups is 1. The van der Waals surface area contributed by atoms with Gasteiger partial charge >= 0.3 is 5.63 Å². The molecule has 0 radical (unpaired) electrons. The van der Waals surface area contributed by atoms with Gasteiger partial charge in [0.1, 0.15) is 5.58 Å². The summed E-state index contributed by atoms with van der Waals surface area (Å²) in [7, 11) is 0. The van der Waals surface area contributed by atoms with Gasteiger partial charge in [-0.05, 0) is 42.0 Å². The number of hydrogen-bond donors (Lipinski definition) is 0. The quantitative estimate of drug-likeness (QED) is 0.323. The summed E-state index contributed by atoms with van der Waals surface area (Å²) in [5, 5.41) is 9.45. The first-order valence-electron chi connectivity index (χ1n) is 8.24. The molecule has 0 amide bonds. The minimum Gasteiger partial charge on any atom is -0.454 e. The zero-order valence-corrected chi connectivity index (χ0v) is 16.6. The van der Waals surface area contributed by atoms with Gasteiger partial charge in [0, 0.05) is 27.2 Å². The molecule has 0 saturated carbocycles.